The van der Waals surface area contributed by atoms with Crippen molar-refractivity contribution in [1.82, 2.24) is 0 Å². The zero-order valence-electron chi connectivity index (χ0n) is 28.0. The van der Waals surface area contributed by atoms with Crippen molar-refractivity contribution in [3.05, 3.63) is 170 Å². The van der Waals surface area contributed by atoms with Gasteiger partial charge in [0.1, 0.15) is 22.3 Å². The lowest BCUT2D eigenvalue weighted by Crippen LogP contribution is -1.89. The van der Waals surface area contributed by atoms with Gasteiger partial charge in [-0.2, -0.15) is 0 Å². The lowest BCUT2D eigenvalue weighted by molar-refractivity contribution is 0.669. The molecule has 0 spiro atoms. The molecule has 12 aromatic rings. The van der Waals surface area contributed by atoms with Crippen LogP contribution in [0.25, 0.3) is 120 Å². The molecule has 0 saturated heterocycles. The molecule has 0 unspecified atom stereocenters. The predicted octanol–water partition coefficient (Wildman–Crippen LogP) is 14.5. The van der Waals surface area contributed by atoms with Gasteiger partial charge in [0.2, 0.25) is 0 Å². The highest BCUT2D eigenvalue weighted by molar-refractivity contribution is 6.28. The largest absolute Gasteiger partial charge is 0.456 e. The number of fused-ring (bicyclic) bond motifs is 7. The van der Waals surface area contributed by atoms with Crippen LogP contribution in [0.1, 0.15) is 0 Å². The van der Waals surface area contributed by atoms with Gasteiger partial charge in [0, 0.05) is 27.1 Å². The molecule has 0 aliphatic carbocycles. The van der Waals surface area contributed by atoms with E-state index in [0.29, 0.717) is 0 Å². The van der Waals surface area contributed by atoms with Gasteiger partial charge >= 0.3 is 0 Å². The molecule has 0 radical (unpaired) electrons. The topological polar surface area (TPSA) is 26.3 Å². The third kappa shape index (κ3) is 3.84. The standard InChI is InChI=1S/C50H28O2/c1-2-8-35-28-45-42(27-34(35)7-1)49-40(38-23-21-33-20-19-31-9-5-10-32-22-24-39(38)47(33)46(31)32)26-25-37(50(49)52-45)30-17-15-29(16-18-30)36-12-6-14-44-48(36)41-11-3-4-13-43(41)51-44/h1-28H. The first-order valence-corrected chi connectivity index (χ1v) is 17.8. The van der Waals surface area contributed by atoms with Crippen LogP contribution in [0.15, 0.2) is 179 Å². The highest BCUT2D eigenvalue weighted by atomic mass is 16.3. The fourth-order valence-electron chi connectivity index (χ4n) is 8.83. The third-order valence-corrected chi connectivity index (χ3v) is 11.2. The van der Waals surface area contributed by atoms with E-state index in [2.05, 4.69) is 158 Å². The number of benzene rings is 10. The van der Waals surface area contributed by atoms with Gasteiger partial charge in [0.05, 0.1) is 0 Å². The van der Waals surface area contributed by atoms with E-state index in [0.717, 1.165) is 60.6 Å². The van der Waals surface area contributed by atoms with Gasteiger partial charge in [-0.15, -0.1) is 0 Å². The Labute approximate surface area is 298 Å². The maximum absolute atomic E-state index is 6.93. The summed E-state index contributed by atoms with van der Waals surface area (Å²) in [6.45, 7) is 0. The summed E-state index contributed by atoms with van der Waals surface area (Å²) in [5.74, 6) is 0. The minimum absolute atomic E-state index is 0.898. The molecule has 52 heavy (non-hydrogen) atoms. The lowest BCUT2D eigenvalue weighted by Gasteiger charge is -2.15. The molecule has 0 fully saturated rings. The Hall–Kier alpha value is -6.90. The summed E-state index contributed by atoms with van der Waals surface area (Å²) >= 11 is 0. The molecule has 0 N–H and O–H groups in total. The highest BCUT2D eigenvalue weighted by Crippen LogP contribution is 2.47. The van der Waals surface area contributed by atoms with Crippen molar-refractivity contribution < 1.29 is 8.83 Å². The molecule has 2 heterocycles. The lowest BCUT2D eigenvalue weighted by atomic mass is 9.87. The fraction of sp³-hybridized carbons (Fsp3) is 0. The predicted molar refractivity (Wildman–Crippen MR) is 219 cm³/mol. The van der Waals surface area contributed by atoms with Gasteiger partial charge < -0.3 is 8.83 Å². The monoisotopic (exact) mass is 660 g/mol. The molecule has 2 heteroatoms. The van der Waals surface area contributed by atoms with Crippen LogP contribution in [-0.2, 0) is 0 Å². The van der Waals surface area contributed by atoms with Crippen molar-refractivity contribution in [1.29, 1.82) is 0 Å². The summed E-state index contributed by atoms with van der Waals surface area (Å²) in [5, 5.41) is 14.6. The van der Waals surface area contributed by atoms with E-state index in [1.54, 1.807) is 0 Å². The molecular formula is C50H28O2. The van der Waals surface area contributed by atoms with E-state index >= 15 is 0 Å². The van der Waals surface area contributed by atoms with Crippen LogP contribution in [-0.4, -0.2) is 0 Å². The SMILES string of the molecule is c1ccc2cc3c(cc2c1)oc1c(-c2ccc(-c4cccc5oc6ccccc6c45)cc2)ccc(-c2ccc4ccc5cccc6ccc2c4c56)c13. The molecule has 10 aromatic carbocycles. The molecule has 0 amide bonds. The van der Waals surface area contributed by atoms with Crippen molar-refractivity contribution in [2.45, 2.75) is 0 Å². The average molecular weight is 661 g/mol. The second-order valence-electron chi connectivity index (χ2n) is 14.0. The molecule has 0 atom stereocenters. The zero-order valence-corrected chi connectivity index (χ0v) is 28.0. The maximum Gasteiger partial charge on any atom is 0.143 e. The highest BCUT2D eigenvalue weighted by Gasteiger charge is 2.21. The van der Waals surface area contributed by atoms with Crippen molar-refractivity contribution in [2.75, 3.05) is 0 Å². The third-order valence-electron chi connectivity index (χ3n) is 11.2. The summed E-state index contributed by atoms with van der Waals surface area (Å²) < 4.78 is 13.1. The smallest absolute Gasteiger partial charge is 0.143 e. The van der Waals surface area contributed by atoms with E-state index < -0.39 is 0 Å². The van der Waals surface area contributed by atoms with Crippen molar-refractivity contribution in [2.24, 2.45) is 0 Å². The average Bonchev–Trinajstić information content (AvgIpc) is 3.77. The molecule has 0 aliphatic heterocycles. The Bertz CT molecular complexity index is 3380. The second-order valence-corrected chi connectivity index (χ2v) is 14.0. The van der Waals surface area contributed by atoms with Crippen LogP contribution in [0.3, 0.4) is 0 Å². The van der Waals surface area contributed by atoms with Crippen LogP contribution >= 0.6 is 0 Å². The molecular weight excluding hydrogens is 633 g/mol. The van der Waals surface area contributed by atoms with Crippen LogP contribution in [0.4, 0.5) is 0 Å². The Balaban J connectivity index is 1.10. The molecule has 12 rings (SSSR count). The van der Waals surface area contributed by atoms with E-state index in [1.165, 1.54) is 59.8 Å². The number of rotatable bonds is 3. The summed E-state index contributed by atoms with van der Waals surface area (Å²) in [4.78, 5) is 0. The first kappa shape index (κ1) is 27.9. The molecule has 0 aliphatic rings. The number of hydrogen-bond acceptors (Lipinski definition) is 2. The minimum Gasteiger partial charge on any atom is -0.456 e. The summed E-state index contributed by atoms with van der Waals surface area (Å²) in [6.07, 6.45) is 0. The van der Waals surface area contributed by atoms with Crippen LogP contribution in [0.2, 0.25) is 0 Å². The number of hydrogen-bond donors (Lipinski definition) is 0. The van der Waals surface area contributed by atoms with Gasteiger partial charge in [-0.1, -0.05) is 140 Å². The van der Waals surface area contributed by atoms with Gasteiger partial charge in [-0.25, -0.2) is 0 Å². The number of para-hydroxylation sites is 1. The fourth-order valence-corrected chi connectivity index (χ4v) is 8.83. The second kappa shape index (κ2) is 10.3. The summed E-state index contributed by atoms with van der Waals surface area (Å²) in [6, 6.07) is 61.4. The van der Waals surface area contributed by atoms with Crippen molar-refractivity contribution >= 4 is 87.0 Å². The van der Waals surface area contributed by atoms with E-state index in [-0.39, 0.29) is 0 Å². The Morgan fingerprint density at radius 3 is 1.73 bits per heavy atom. The molecule has 0 bridgehead atoms. The molecule has 0 saturated carbocycles. The van der Waals surface area contributed by atoms with E-state index in [9.17, 15) is 0 Å². The first-order chi connectivity index (χ1) is 25.8. The van der Waals surface area contributed by atoms with Gasteiger partial charge in [0.25, 0.3) is 0 Å². The Morgan fingerprint density at radius 1 is 0.269 bits per heavy atom. The Kier molecular flexibility index (Phi) is 5.53. The minimum atomic E-state index is 0.898. The molecule has 2 nitrogen and oxygen atoms in total. The van der Waals surface area contributed by atoms with Gasteiger partial charge in [0.15, 0.2) is 0 Å². The summed E-state index contributed by atoms with van der Waals surface area (Å²) in [5.41, 5.74) is 10.5. The summed E-state index contributed by atoms with van der Waals surface area (Å²) in [7, 11) is 0. The Morgan fingerprint density at radius 2 is 0.885 bits per heavy atom. The zero-order chi connectivity index (χ0) is 33.9. The van der Waals surface area contributed by atoms with E-state index in [4.69, 9.17) is 8.83 Å². The first-order valence-electron chi connectivity index (χ1n) is 17.8. The van der Waals surface area contributed by atoms with E-state index in [1.807, 2.05) is 12.1 Å². The maximum atomic E-state index is 6.93. The van der Waals surface area contributed by atoms with Crippen molar-refractivity contribution in [3.8, 4) is 33.4 Å². The van der Waals surface area contributed by atoms with Crippen molar-refractivity contribution in [3.63, 3.8) is 0 Å². The van der Waals surface area contributed by atoms with Gasteiger partial charge in [-0.3, -0.25) is 0 Å². The molecule has 240 valence electrons. The van der Waals surface area contributed by atoms with Gasteiger partial charge in [-0.05, 0) is 101 Å². The van der Waals surface area contributed by atoms with Crippen LogP contribution in [0, 0.1) is 0 Å². The normalized spacial score (nSPS) is 12.2. The quantitative estimate of drug-likeness (QED) is 0.176. The molecule has 2 aromatic heterocycles. The van der Waals surface area contributed by atoms with Crippen LogP contribution < -0.4 is 0 Å². The number of furan rings is 2. The van der Waals surface area contributed by atoms with Crippen LogP contribution in [0.5, 0.6) is 0 Å².